The summed E-state index contributed by atoms with van der Waals surface area (Å²) in [6, 6.07) is 19.4. The van der Waals surface area contributed by atoms with Crippen molar-refractivity contribution in [2.45, 2.75) is 51.2 Å². The quantitative estimate of drug-likeness (QED) is 0.360. The lowest BCUT2D eigenvalue weighted by Gasteiger charge is -2.59. The molecule has 37 heavy (non-hydrogen) atoms. The second-order valence-electron chi connectivity index (χ2n) is 11.4. The van der Waals surface area contributed by atoms with Crippen LogP contribution in [0.3, 0.4) is 0 Å². The zero-order valence-electron chi connectivity index (χ0n) is 21.2. The SMILES string of the molecule is N#Cc1cnc(NCc2cccc(-c3cccc(CN)c3)c2)nc1NC[C@]12CC3C[C@H](C1)[C@@H](N)[C@@H](C3)C2. The molecule has 0 amide bonds. The summed E-state index contributed by atoms with van der Waals surface area (Å²) in [5.74, 6) is 3.25. The van der Waals surface area contributed by atoms with Crippen LogP contribution < -0.4 is 22.1 Å². The second kappa shape index (κ2) is 9.77. The molecule has 5 atom stereocenters. The normalized spacial score (nSPS) is 27.6. The van der Waals surface area contributed by atoms with E-state index < -0.39 is 0 Å². The molecule has 1 heterocycles. The molecule has 3 aromatic rings. The summed E-state index contributed by atoms with van der Waals surface area (Å²) in [5.41, 5.74) is 17.7. The third-order valence-corrected chi connectivity index (χ3v) is 8.89. The molecule has 7 rings (SSSR count). The summed E-state index contributed by atoms with van der Waals surface area (Å²) >= 11 is 0. The Kier molecular flexibility index (Phi) is 6.31. The fourth-order valence-corrected chi connectivity index (χ4v) is 7.32. The van der Waals surface area contributed by atoms with Gasteiger partial charge in [-0.25, -0.2) is 4.98 Å². The molecule has 7 heteroatoms. The van der Waals surface area contributed by atoms with Crippen LogP contribution in [0.4, 0.5) is 11.8 Å². The fourth-order valence-electron chi connectivity index (χ4n) is 7.32. The first-order valence-electron chi connectivity index (χ1n) is 13.4. The van der Waals surface area contributed by atoms with Gasteiger partial charge in [-0.2, -0.15) is 10.2 Å². The molecule has 0 radical (unpaired) electrons. The van der Waals surface area contributed by atoms with Crippen LogP contribution in [0, 0.1) is 34.5 Å². The van der Waals surface area contributed by atoms with Gasteiger partial charge in [0.15, 0.2) is 0 Å². The van der Waals surface area contributed by atoms with Crippen LogP contribution in [-0.4, -0.2) is 22.6 Å². The van der Waals surface area contributed by atoms with Gasteiger partial charge in [-0.3, -0.25) is 0 Å². The smallest absolute Gasteiger partial charge is 0.224 e. The zero-order valence-corrected chi connectivity index (χ0v) is 21.2. The second-order valence-corrected chi connectivity index (χ2v) is 11.4. The number of nitrogens with zero attached hydrogens (tertiary/aromatic N) is 3. The minimum Gasteiger partial charge on any atom is -0.368 e. The van der Waals surface area contributed by atoms with Gasteiger partial charge in [0.1, 0.15) is 17.5 Å². The summed E-state index contributed by atoms with van der Waals surface area (Å²) in [6.07, 6.45) is 7.85. The Morgan fingerprint density at radius 1 is 0.973 bits per heavy atom. The Hall–Kier alpha value is -3.47. The minimum atomic E-state index is 0.277. The Bertz CT molecular complexity index is 1310. The van der Waals surface area contributed by atoms with Crippen molar-refractivity contribution in [3.63, 3.8) is 0 Å². The molecule has 1 aromatic heterocycles. The highest BCUT2D eigenvalue weighted by Crippen LogP contribution is 2.59. The van der Waals surface area contributed by atoms with Crippen molar-refractivity contribution in [3.8, 4) is 17.2 Å². The van der Waals surface area contributed by atoms with Gasteiger partial charge in [-0.15, -0.1) is 0 Å². The molecule has 0 aliphatic heterocycles. The number of hydrogen-bond acceptors (Lipinski definition) is 7. The van der Waals surface area contributed by atoms with Crippen molar-refractivity contribution in [3.05, 3.63) is 71.4 Å². The topological polar surface area (TPSA) is 126 Å². The van der Waals surface area contributed by atoms with Gasteiger partial charge in [0.2, 0.25) is 5.95 Å². The van der Waals surface area contributed by atoms with Gasteiger partial charge in [0.25, 0.3) is 0 Å². The van der Waals surface area contributed by atoms with Gasteiger partial charge >= 0.3 is 0 Å². The summed E-state index contributed by atoms with van der Waals surface area (Å²) < 4.78 is 0. The summed E-state index contributed by atoms with van der Waals surface area (Å²) in [7, 11) is 0. The van der Waals surface area contributed by atoms with Gasteiger partial charge in [0, 0.05) is 25.7 Å². The van der Waals surface area contributed by atoms with Crippen molar-refractivity contribution < 1.29 is 0 Å². The van der Waals surface area contributed by atoms with Crippen LogP contribution >= 0.6 is 0 Å². The molecule has 4 saturated carbocycles. The molecule has 4 fully saturated rings. The van der Waals surface area contributed by atoms with Gasteiger partial charge in [0.05, 0.1) is 6.20 Å². The first kappa shape index (κ1) is 23.9. The number of anilines is 2. The molecule has 190 valence electrons. The highest BCUT2D eigenvalue weighted by Gasteiger charge is 2.54. The Labute approximate surface area is 218 Å². The molecule has 4 bridgehead atoms. The van der Waals surface area contributed by atoms with E-state index in [1.807, 2.05) is 12.1 Å². The van der Waals surface area contributed by atoms with E-state index in [4.69, 9.17) is 16.5 Å². The maximum Gasteiger partial charge on any atom is 0.224 e. The van der Waals surface area contributed by atoms with Crippen molar-refractivity contribution in [2.75, 3.05) is 17.2 Å². The van der Waals surface area contributed by atoms with Crippen LogP contribution in [0.2, 0.25) is 0 Å². The Morgan fingerprint density at radius 2 is 1.68 bits per heavy atom. The predicted molar refractivity (Wildman–Crippen MR) is 146 cm³/mol. The third-order valence-electron chi connectivity index (χ3n) is 8.89. The molecule has 0 spiro atoms. The van der Waals surface area contributed by atoms with Gasteiger partial charge in [-0.05, 0) is 89.7 Å². The monoisotopic (exact) mass is 493 g/mol. The zero-order chi connectivity index (χ0) is 25.4. The van der Waals surface area contributed by atoms with E-state index in [9.17, 15) is 5.26 Å². The molecular weight excluding hydrogens is 458 g/mol. The number of rotatable bonds is 8. The molecule has 7 nitrogen and oxygen atoms in total. The highest BCUT2D eigenvalue weighted by molar-refractivity contribution is 5.65. The molecule has 4 aliphatic carbocycles. The maximum absolute atomic E-state index is 9.67. The van der Waals surface area contributed by atoms with Crippen molar-refractivity contribution >= 4 is 11.8 Å². The van der Waals surface area contributed by atoms with E-state index in [1.54, 1.807) is 6.20 Å². The standard InChI is InChI=1S/C30H35N7/c31-14-19-3-1-5-22(7-19)23-6-2-4-20(8-23)16-34-29-35-17-26(15-32)28(37-29)36-18-30-11-21-9-24(12-30)27(33)25(10-21)13-30/h1-8,17,21,24-25,27H,9-14,16,18,31,33H2,(H2,34,35,36,37)/t21?,24-,25+,27-,30-. The number of benzene rings is 2. The number of nitrogens with one attached hydrogen (secondary N) is 2. The highest BCUT2D eigenvalue weighted by atomic mass is 15.1. The van der Waals surface area contributed by atoms with E-state index in [2.05, 4.69) is 58.1 Å². The number of nitrogens with two attached hydrogens (primary N) is 2. The molecule has 0 saturated heterocycles. The lowest BCUT2D eigenvalue weighted by Crippen LogP contribution is -2.58. The molecule has 2 aromatic carbocycles. The van der Waals surface area contributed by atoms with Crippen molar-refractivity contribution in [1.82, 2.24) is 9.97 Å². The van der Waals surface area contributed by atoms with Crippen LogP contribution in [0.1, 0.15) is 48.8 Å². The van der Waals surface area contributed by atoms with Gasteiger partial charge in [-0.1, -0.05) is 36.4 Å². The van der Waals surface area contributed by atoms with E-state index in [1.165, 1.54) is 32.1 Å². The lowest BCUT2D eigenvalue weighted by molar-refractivity contribution is -0.0591. The number of hydrogen-bond donors (Lipinski definition) is 4. The summed E-state index contributed by atoms with van der Waals surface area (Å²) in [4.78, 5) is 9.10. The minimum absolute atomic E-state index is 0.277. The Balaban J connectivity index is 1.14. The van der Waals surface area contributed by atoms with Crippen molar-refractivity contribution in [1.29, 1.82) is 5.26 Å². The third kappa shape index (κ3) is 4.79. The Morgan fingerprint density at radius 3 is 2.38 bits per heavy atom. The number of nitriles is 1. The molecule has 6 N–H and O–H groups in total. The van der Waals surface area contributed by atoms with E-state index in [0.29, 0.717) is 48.3 Å². The molecule has 4 aliphatic rings. The van der Waals surface area contributed by atoms with E-state index in [-0.39, 0.29) is 5.41 Å². The average Bonchev–Trinajstić information content (AvgIpc) is 2.93. The lowest BCUT2D eigenvalue weighted by atomic mass is 9.48. The van der Waals surface area contributed by atoms with Crippen LogP contribution in [0.15, 0.2) is 54.7 Å². The van der Waals surface area contributed by atoms with Crippen molar-refractivity contribution in [2.24, 2.45) is 34.6 Å². The van der Waals surface area contributed by atoms with E-state index in [0.717, 1.165) is 34.7 Å². The maximum atomic E-state index is 9.67. The first-order valence-corrected chi connectivity index (χ1v) is 13.4. The summed E-state index contributed by atoms with van der Waals surface area (Å²) in [5, 5.41) is 16.6. The van der Waals surface area contributed by atoms with Gasteiger partial charge < -0.3 is 22.1 Å². The largest absolute Gasteiger partial charge is 0.368 e. The van der Waals surface area contributed by atoms with Crippen LogP contribution in [0.5, 0.6) is 0 Å². The van der Waals surface area contributed by atoms with E-state index >= 15 is 0 Å². The van der Waals surface area contributed by atoms with Crippen LogP contribution in [-0.2, 0) is 13.1 Å². The fraction of sp³-hybridized carbons (Fsp3) is 0.433. The average molecular weight is 494 g/mol. The predicted octanol–water partition coefficient (Wildman–Crippen LogP) is 4.65. The van der Waals surface area contributed by atoms with Crippen LogP contribution in [0.25, 0.3) is 11.1 Å². The molecular formula is C30H35N7. The summed E-state index contributed by atoms with van der Waals surface area (Å²) in [6.45, 7) is 1.96. The first-order chi connectivity index (χ1) is 18.0. The number of aromatic nitrogens is 2. The molecule has 1 unspecified atom stereocenters.